The highest BCUT2D eigenvalue weighted by atomic mass is 35.5. The van der Waals surface area contributed by atoms with Crippen LogP contribution >= 0.6 is 35.3 Å². The molecule has 1 aromatic heterocycles. The van der Waals surface area contributed by atoms with Crippen LogP contribution in [0.5, 0.6) is 0 Å². The summed E-state index contributed by atoms with van der Waals surface area (Å²) in [6.45, 7) is 2.10. The zero-order chi connectivity index (χ0) is 9.54. The number of nitrogens with one attached hydrogen (secondary N) is 1. The van der Waals surface area contributed by atoms with Gasteiger partial charge < -0.3 is 5.32 Å². The fourth-order valence-electron chi connectivity index (χ4n) is 1.98. The van der Waals surface area contributed by atoms with Crippen LogP contribution in [-0.4, -0.2) is 6.54 Å². The molecule has 4 heteroatoms. The van der Waals surface area contributed by atoms with E-state index in [4.69, 9.17) is 11.6 Å². The molecule has 0 saturated heterocycles. The van der Waals surface area contributed by atoms with Gasteiger partial charge in [-0.05, 0) is 35.6 Å². The Balaban J connectivity index is 0.000000853. The van der Waals surface area contributed by atoms with E-state index in [1.54, 1.807) is 0 Å². The van der Waals surface area contributed by atoms with Gasteiger partial charge in [-0.25, -0.2) is 0 Å². The molecule has 1 aliphatic heterocycles. The second-order valence-corrected chi connectivity index (χ2v) is 5.14. The van der Waals surface area contributed by atoms with Crippen molar-refractivity contribution >= 4 is 45.4 Å². The van der Waals surface area contributed by atoms with Gasteiger partial charge in [0.05, 0.1) is 0 Å². The Hall–Kier alpha value is -0.280. The van der Waals surface area contributed by atoms with Crippen molar-refractivity contribution in [3.05, 3.63) is 33.7 Å². The molecule has 0 saturated carbocycles. The summed E-state index contributed by atoms with van der Waals surface area (Å²) in [5, 5.41) is 5.58. The van der Waals surface area contributed by atoms with E-state index in [2.05, 4.69) is 17.4 Å². The standard InChI is InChI=1S/C11H10ClNS.ClH/c12-7-1-2-10-8(5-7)9-6-13-4-3-11(9)14-10;/h1-2,5,13H,3-4,6H2;1H. The summed E-state index contributed by atoms with van der Waals surface area (Å²) in [7, 11) is 0. The van der Waals surface area contributed by atoms with Gasteiger partial charge in [0.1, 0.15) is 0 Å². The van der Waals surface area contributed by atoms with Crippen LogP contribution in [0.2, 0.25) is 5.02 Å². The van der Waals surface area contributed by atoms with Gasteiger partial charge in [0.15, 0.2) is 0 Å². The van der Waals surface area contributed by atoms with Gasteiger partial charge in [-0.3, -0.25) is 0 Å². The molecule has 0 spiro atoms. The summed E-state index contributed by atoms with van der Waals surface area (Å²) in [6.07, 6.45) is 1.16. The molecule has 2 aromatic rings. The minimum Gasteiger partial charge on any atom is -0.312 e. The largest absolute Gasteiger partial charge is 0.312 e. The average Bonchev–Trinajstić information content (AvgIpc) is 2.56. The lowest BCUT2D eigenvalue weighted by Crippen LogP contribution is -2.21. The molecule has 3 rings (SSSR count). The van der Waals surface area contributed by atoms with Gasteiger partial charge >= 0.3 is 0 Å². The zero-order valence-corrected chi connectivity index (χ0v) is 10.4. The molecule has 0 bridgehead atoms. The van der Waals surface area contributed by atoms with Gasteiger partial charge in [0.25, 0.3) is 0 Å². The Morgan fingerprint density at radius 3 is 3.07 bits per heavy atom. The molecule has 0 radical (unpaired) electrons. The van der Waals surface area contributed by atoms with E-state index in [-0.39, 0.29) is 12.4 Å². The van der Waals surface area contributed by atoms with Crippen LogP contribution in [-0.2, 0) is 13.0 Å². The quantitative estimate of drug-likeness (QED) is 0.762. The second kappa shape index (κ2) is 4.30. The first-order chi connectivity index (χ1) is 6.84. The highest BCUT2D eigenvalue weighted by Gasteiger charge is 2.15. The topological polar surface area (TPSA) is 12.0 Å². The number of halogens is 2. The summed E-state index contributed by atoms with van der Waals surface area (Å²) in [5.41, 5.74) is 1.46. The number of fused-ring (bicyclic) bond motifs is 3. The predicted molar refractivity (Wildman–Crippen MR) is 69.5 cm³/mol. The van der Waals surface area contributed by atoms with Crippen molar-refractivity contribution in [2.24, 2.45) is 0 Å². The Morgan fingerprint density at radius 1 is 1.33 bits per heavy atom. The lowest BCUT2D eigenvalue weighted by Gasteiger charge is -2.12. The van der Waals surface area contributed by atoms with Gasteiger partial charge in [-0.2, -0.15) is 0 Å². The van der Waals surface area contributed by atoms with E-state index < -0.39 is 0 Å². The van der Waals surface area contributed by atoms with E-state index >= 15 is 0 Å². The molecule has 1 nitrogen and oxygen atoms in total. The van der Waals surface area contributed by atoms with E-state index in [0.29, 0.717) is 0 Å². The molecule has 1 N–H and O–H groups in total. The van der Waals surface area contributed by atoms with Crippen molar-refractivity contribution in [1.82, 2.24) is 5.32 Å². The predicted octanol–water partition coefficient (Wildman–Crippen LogP) is 3.62. The van der Waals surface area contributed by atoms with Gasteiger partial charge in [0, 0.05) is 27.7 Å². The zero-order valence-electron chi connectivity index (χ0n) is 8.05. The molecule has 15 heavy (non-hydrogen) atoms. The summed E-state index contributed by atoms with van der Waals surface area (Å²) in [5.74, 6) is 0. The normalized spacial score (nSPS) is 14.7. The minimum atomic E-state index is 0. The van der Waals surface area contributed by atoms with Crippen molar-refractivity contribution in [2.45, 2.75) is 13.0 Å². The van der Waals surface area contributed by atoms with Crippen LogP contribution in [0.25, 0.3) is 10.1 Å². The molecule has 0 aliphatic carbocycles. The van der Waals surface area contributed by atoms with Crippen molar-refractivity contribution in [2.75, 3.05) is 6.54 Å². The number of thiophene rings is 1. The van der Waals surface area contributed by atoms with Crippen LogP contribution in [0.3, 0.4) is 0 Å². The third-order valence-electron chi connectivity index (χ3n) is 2.67. The molecule has 1 aliphatic rings. The lowest BCUT2D eigenvalue weighted by molar-refractivity contribution is 0.656. The maximum atomic E-state index is 6.00. The first kappa shape index (κ1) is 11.2. The second-order valence-electron chi connectivity index (χ2n) is 3.57. The fourth-order valence-corrected chi connectivity index (χ4v) is 3.36. The molecular formula is C11H11Cl2NS. The summed E-state index contributed by atoms with van der Waals surface area (Å²) < 4.78 is 1.36. The number of hydrogen-bond acceptors (Lipinski definition) is 2. The molecule has 0 unspecified atom stereocenters. The summed E-state index contributed by atoms with van der Waals surface area (Å²) in [4.78, 5) is 1.53. The fraction of sp³-hybridized carbons (Fsp3) is 0.273. The third-order valence-corrected chi connectivity index (χ3v) is 4.18. The SMILES string of the molecule is Cl.Clc1ccc2sc3c(c2c1)CNCC3. The molecule has 1 aromatic carbocycles. The maximum absolute atomic E-state index is 6.00. The smallest absolute Gasteiger partial charge is 0.0413 e. The van der Waals surface area contributed by atoms with Crippen molar-refractivity contribution < 1.29 is 0 Å². The Labute approximate surface area is 104 Å². The van der Waals surface area contributed by atoms with Crippen LogP contribution in [0.1, 0.15) is 10.4 Å². The van der Waals surface area contributed by atoms with Crippen LogP contribution in [0.4, 0.5) is 0 Å². The molecule has 0 amide bonds. The summed E-state index contributed by atoms with van der Waals surface area (Å²) in [6, 6.07) is 6.18. The average molecular weight is 260 g/mol. The van der Waals surface area contributed by atoms with E-state index in [0.717, 1.165) is 24.5 Å². The van der Waals surface area contributed by atoms with Crippen LogP contribution in [0, 0.1) is 0 Å². The molecule has 2 heterocycles. The van der Waals surface area contributed by atoms with Gasteiger partial charge in [-0.15, -0.1) is 23.7 Å². The highest BCUT2D eigenvalue weighted by Crippen LogP contribution is 2.34. The third kappa shape index (κ3) is 1.87. The minimum absolute atomic E-state index is 0. The Morgan fingerprint density at radius 2 is 2.20 bits per heavy atom. The Bertz CT molecular complexity index is 493. The highest BCUT2D eigenvalue weighted by molar-refractivity contribution is 7.19. The van der Waals surface area contributed by atoms with E-state index in [1.807, 2.05) is 17.4 Å². The van der Waals surface area contributed by atoms with Crippen molar-refractivity contribution in [1.29, 1.82) is 0 Å². The van der Waals surface area contributed by atoms with E-state index in [9.17, 15) is 0 Å². The van der Waals surface area contributed by atoms with E-state index in [1.165, 1.54) is 20.5 Å². The van der Waals surface area contributed by atoms with Crippen LogP contribution < -0.4 is 5.32 Å². The van der Waals surface area contributed by atoms with Crippen molar-refractivity contribution in [3.63, 3.8) is 0 Å². The monoisotopic (exact) mass is 259 g/mol. The van der Waals surface area contributed by atoms with Gasteiger partial charge in [-0.1, -0.05) is 11.6 Å². The lowest BCUT2D eigenvalue weighted by atomic mass is 10.1. The maximum Gasteiger partial charge on any atom is 0.0413 e. The number of hydrogen-bond donors (Lipinski definition) is 1. The van der Waals surface area contributed by atoms with Crippen molar-refractivity contribution in [3.8, 4) is 0 Å². The molecular weight excluding hydrogens is 249 g/mol. The van der Waals surface area contributed by atoms with Crippen LogP contribution in [0.15, 0.2) is 18.2 Å². The van der Waals surface area contributed by atoms with Gasteiger partial charge in [0.2, 0.25) is 0 Å². The Kier molecular flexibility index (Phi) is 3.21. The number of rotatable bonds is 0. The first-order valence-electron chi connectivity index (χ1n) is 4.75. The molecule has 0 atom stereocenters. The molecule has 80 valence electrons. The molecule has 0 fully saturated rings. The number of benzene rings is 1. The first-order valence-corrected chi connectivity index (χ1v) is 5.94. The summed E-state index contributed by atoms with van der Waals surface area (Å²) >= 11 is 7.91.